The molecule has 0 unspecified atom stereocenters. The van der Waals surface area contributed by atoms with Crippen LogP contribution in [0.1, 0.15) is 43.9 Å². The first kappa shape index (κ1) is 30.5. The average Bonchev–Trinajstić information content (AvgIpc) is 2.84. The Bertz CT molecular complexity index is 1380. The van der Waals surface area contributed by atoms with Gasteiger partial charge in [0.15, 0.2) is 11.4 Å². The van der Waals surface area contributed by atoms with Crippen molar-refractivity contribution in [3.8, 4) is 5.75 Å². The molecule has 0 bridgehead atoms. The predicted octanol–water partition coefficient (Wildman–Crippen LogP) is 1.51. The van der Waals surface area contributed by atoms with Crippen molar-refractivity contribution in [2.24, 2.45) is 23.5 Å². The van der Waals surface area contributed by atoms with Crippen LogP contribution in [0.2, 0.25) is 0 Å². The third-order valence-electron chi connectivity index (χ3n) is 9.30. The van der Waals surface area contributed by atoms with Gasteiger partial charge in [0.2, 0.25) is 5.78 Å². The highest BCUT2D eigenvalue weighted by molar-refractivity contribution is 6.24. The van der Waals surface area contributed by atoms with Gasteiger partial charge >= 0.3 is 0 Å². The van der Waals surface area contributed by atoms with E-state index < -0.39 is 58.0 Å². The van der Waals surface area contributed by atoms with Crippen LogP contribution in [0.25, 0.3) is 5.76 Å². The minimum Gasteiger partial charge on any atom is -0.508 e. The molecule has 224 valence electrons. The lowest BCUT2D eigenvalue weighted by molar-refractivity contribution is -0.153. The summed E-state index contributed by atoms with van der Waals surface area (Å²) in [5.41, 5.74) is 4.15. The lowest BCUT2D eigenvalue weighted by atomic mass is 9.57. The number of likely N-dealkylation sites (N-methyl/N-ethyl adjacent to an activating group) is 1. The Balaban J connectivity index is 1.93. The van der Waals surface area contributed by atoms with E-state index in [9.17, 15) is 34.8 Å². The number of aliphatic hydroxyl groups excluding tert-OH is 2. The number of hydrogen-bond donors (Lipinski definition) is 5. The molecule has 1 fully saturated rings. The van der Waals surface area contributed by atoms with Crippen molar-refractivity contribution < 1.29 is 34.8 Å². The first-order valence-electron chi connectivity index (χ1n) is 13.9. The first-order chi connectivity index (χ1) is 19.0. The van der Waals surface area contributed by atoms with Gasteiger partial charge in [0.25, 0.3) is 5.91 Å². The van der Waals surface area contributed by atoms with Crippen LogP contribution in [0.4, 0.5) is 5.69 Å². The Labute approximate surface area is 240 Å². The van der Waals surface area contributed by atoms with E-state index in [1.165, 1.54) is 4.90 Å². The zero-order chi connectivity index (χ0) is 30.9. The van der Waals surface area contributed by atoms with Gasteiger partial charge in [0.1, 0.15) is 22.8 Å². The molecule has 1 aromatic rings. The average molecular weight is 571 g/mol. The number of carbonyl (C=O) groups is 3. The molecule has 11 nitrogen and oxygen atoms in total. The Hall–Kier alpha value is -3.41. The number of phenols is 1. The lowest BCUT2D eigenvalue weighted by Gasteiger charge is -2.50. The number of Topliss-reactive ketones (excluding diaryl/α,β-unsaturated/α-hetero) is 2. The molecule has 0 aliphatic heterocycles. The van der Waals surface area contributed by atoms with Crippen LogP contribution in [0.5, 0.6) is 5.75 Å². The van der Waals surface area contributed by atoms with E-state index >= 15 is 0 Å². The van der Waals surface area contributed by atoms with E-state index in [4.69, 9.17) is 5.73 Å². The second kappa shape index (κ2) is 10.5. The number of primary amides is 1. The zero-order valence-corrected chi connectivity index (χ0v) is 25.0. The first-order valence-corrected chi connectivity index (χ1v) is 13.9. The van der Waals surface area contributed by atoms with Crippen molar-refractivity contribution in [1.82, 2.24) is 9.80 Å². The Morgan fingerprint density at radius 3 is 2.22 bits per heavy atom. The molecule has 0 aromatic heterocycles. The van der Waals surface area contributed by atoms with E-state index in [-0.39, 0.29) is 35.8 Å². The van der Waals surface area contributed by atoms with Crippen LogP contribution < -0.4 is 10.6 Å². The maximum atomic E-state index is 14.0. The van der Waals surface area contributed by atoms with E-state index in [0.717, 1.165) is 11.3 Å². The summed E-state index contributed by atoms with van der Waals surface area (Å²) >= 11 is 0. The highest BCUT2D eigenvalue weighted by Crippen LogP contribution is 2.54. The van der Waals surface area contributed by atoms with Gasteiger partial charge in [0, 0.05) is 43.9 Å². The zero-order valence-electron chi connectivity index (χ0n) is 25.0. The van der Waals surface area contributed by atoms with Crippen LogP contribution in [0.3, 0.4) is 0 Å². The second-order valence-corrected chi connectivity index (χ2v) is 12.5. The van der Waals surface area contributed by atoms with E-state index in [2.05, 4.69) is 25.7 Å². The number of phenolic OH excluding ortho intramolecular Hbond substituents is 1. The number of rotatable bonds is 7. The lowest BCUT2D eigenvalue weighted by Crippen LogP contribution is -2.65. The summed E-state index contributed by atoms with van der Waals surface area (Å²) in [4.78, 5) is 45.1. The molecule has 0 saturated heterocycles. The Kier molecular flexibility index (Phi) is 7.79. The smallest absolute Gasteiger partial charge is 0.255 e. The Morgan fingerprint density at radius 1 is 1.10 bits per heavy atom. The summed E-state index contributed by atoms with van der Waals surface area (Å²) < 4.78 is 0. The van der Waals surface area contributed by atoms with Crippen molar-refractivity contribution >= 4 is 28.9 Å². The van der Waals surface area contributed by atoms with Crippen molar-refractivity contribution in [1.29, 1.82) is 0 Å². The van der Waals surface area contributed by atoms with Gasteiger partial charge in [-0.3, -0.25) is 24.2 Å². The number of aliphatic hydroxyl groups is 3. The van der Waals surface area contributed by atoms with Gasteiger partial charge in [-0.1, -0.05) is 13.8 Å². The maximum absolute atomic E-state index is 14.0. The quantitative estimate of drug-likeness (QED) is 0.303. The molecular formula is C30H42N4O7. The van der Waals surface area contributed by atoms with Gasteiger partial charge in [0.05, 0.1) is 11.6 Å². The molecule has 5 atom stereocenters. The molecule has 1 aromatic carbocycles. The molecule has 11 heteroatoms. The van der Waals surface area contributed by atoms with Gasteiger partial charge in [-0.2, -0.15) is 0 Å². The summed E-state index contributed by atoms with van der Waals surface area (Å²) in [5, 5.41) is 45.5. The summed E-state index contributed by atoms with van der Waals surface area (Å²) in [7, 11) is 8.92. The van der Waals surface area contributed by atoms with E-state index in [1.54, 1.807) is 20.2 Å². The fourth-order valence-electron chi connectivity index (χ4n) is 6.97. The number of carbonyl (C=O) groups excluding carboxylic acids is 3. The topological polar surface area (TPSA) is 168 Å². The van der Waals surface area contributed by atoms with Crippen molar-refractivity contribution in [3.05, 3.63) is 39.7 Å². The van der Waals surface area contributed by atoms with E-state index in [1.807, 2.05) is 26.0 Å². The number of nitrogens with zero attached hydrogens (tertiary/aromatic N) is 3. The van der Waals surface area contributed by atoms with Gasteiger partial charge < -0.3 is 31.1 Å². The number of fused-ring (bicyclic) bond motifs is 3. The molecule has 4 rings (SSSR count). The Morgan fingerprint density at radius 2 is 1.71 bits per heavy atom. The van der Waals surface area contributed by atoms with Gasteiger partial charge in [-0.15, -0.1) is 0 Å². The molecule has 0 radical (unpaired) electrons. The molecule has 41 heavy (non-hydrogen) atoms. The number of benzene rings is 1. The summed E-state index contributed by atoms with van der Waals surface area (Å²) in [6, 6.07) is 0.727. The van der Waals surface area contributed by atoms with Crippen LogP contribution >= 0.6 is 0 Å². The molecule has 6 N–H and O–H groups in total. The van der Waals surface area contributed by atoms with E-state index in [0.29, 0.717) is 18.0 Å². The van der Waals surface area contributed by atoms with Gasteiger partial charge in [-0.05, 0) is 69.9 Å². The number of ketones is 2. The molecule has 3 aliphatic rings. The van der Waals surface area contributed by atoms with Crippen molar-refractivity contribution in [2.45, 2.75) is 57.8 Å². The number of nitrogens with two attached hydrogens (primary N) is 1. The van der Waals surface area contributed by atoms with Crippen LogP contribution in [-0.2, 0) is 27.3 Å². The fraction of sp³-hybridized carbons (Fsp3) is 0.567. The molecule has 0 heterocycles. The highest BCUT2D eigenvalue weighted by Gasteiger charge is 2.64. The number of hydrogen-bond acceptors (Lipinski definition) is 10. The second-order valence-electron chi connectivity index (χ2n) is 12.5. The molecule has 3 aliphatic carbocycles. The molecule has 1 amide bonds. The number of aromatic hydroxyl groups is 1. The minimum absolute atomic E-state index is 0.0495. The fourth-order valence-corrected chi connectivity index (χ4v) is 6.97. The third-order valence-corrected chi connectivity index (χ3v) is 9.30. The third kappa shape index (κ3) is 4.50. The largest absolute Gasteiger partial charge is 0.508 e. The number of amides is 1. The SMILES string of the molecule is CC(C)[C@H](C)N(C)Cc1cc(O)c2c(c1N(C)C)C[C@H]1C[C@H]3[C@H](N(C)C)C(=O)C(C(N)=O)=C(O)[C@@]3(O)C(=O)C1=C2O. The minimum atomic E-state index is -2.65. The summed E-state index contributed by atoms with van der Waals surface area (Å²) in [6.45, 7) is 6.94. The molecule has 1 saturated carbocycles. The monoisotopic (exact) mass is 570 g/mol. The van der Waals surface area contributed by atoms with Crippen molar-refractivity contribution in [3.63, 3.8) is 0 Å². The van der Waals surface area contributed by atoms with Gasteiger partial charge in [-0.25, -0.2) is 0 Å². The highest BCUT2D eigenvalue weighted by atomic mass is 16.3. The molecule has 0 spiro atoms. The molecular weight excluding hydrogens is 528 g/mol. The summed E-state index contributed by atoms with van der Waals surface area (Å²) in [6.07, 6.45) is 0.292. The standard InChI is InChI=1S/C30H42N4O7/c1-13(2)14(3)34(8)12-16-11-19(35)21-17(23(16)32(4)5)9-15-10-18-24(33(6)7)26(37)22(29(31)40)28(39)30(18,41)27(38)20(15)25(21)36/h11,13-15,18,24,35-36,39,41H,9-10,12H2,1-8H3,(H2,31,40)/t14-,15-,18-,24-,30-/m0/s1. The number of anilines is 1. The van der Waals surface area contributed by atoms with Crippen LogP contribution in [0, 0.1) is 17.8 Å². The van der Waals surface area contributed by atoms with Crippen LogP contribution in [0.15, 0.2) is 23.0 Å². The normalized spacial score (nSPS) is 26.9. The van der Waals surface area contributed by atoms with Crippen molar-refractivity contribution in [2.75, 3.05) is 40.1 Å². The summed E-state index contributed by atoms with van der Waals surface area (Å²) in [5.74, 6) is -6.17. The maximum Gasteiger partial charge on any atom is 0.255 e. The van der Waals surface area contributed by atoms with Crippen LogP contribution in [-0.4, -0.2) is 101 Å². The predicted molar refractivity (Wildman–Crippen MR) is 154 cm³/mol.